The van der Waals surface area contributed by atoms with Crippen LogP contribution < -0.4 is 15.4 Å². The zero-order chi connectivity index (χ0) is 14.0. The fourth-order valence-electron chi connectivity index (χ4n) is 2.22. The molecule has 0 bridgehead atoms. The van der Waals surface area contributed by atoms with Gasteiger partial charge in [0.2, 0.25) is 5.91 Å². The molecule has 2 unspecified atom stereocenters. The third-order valence-corrected chi connectivity index (χ3v) is 3.25. The van der Waals surface area contributed by atoms with Crippen molar-refractivity contribution in [3.63, 3.8) is 0 Å². The summed E-state index contributed by atoms with van der Waals surface area (Å²) in [6.45, 7) is 4.45. The van der Waals surface area contributed by atoms with Crippen LogP contribution in [0, 0.1) is 0 Å². The number of nitrogens with zero attached hydrogens (tertiary/aromatic N) is 1. The number of hydrogen-bond acceptors (Lipinski definition) is 4. The van der Waals surface area contributed by atoms with Crippen molar-refractivity contribution in [2.45, 2.75) is 32.5 Å². The fraction of sp³-hybridized carbons (Fsp3) is 0.500. The van der Waals surface area contributed by atoms with Gasteiger partial charge in [-0.1, -0.05) is 13.0 Å². The third-order valence-electron chi connectivity index (χ3n) is 3.25. The van der Waals surface area contributed by atoms with Crippen molar-refractivity contribution in [1.29, 1.82) is 0 Å². The molecule has 1 amide bonds. The van der Waals surface area contributed by atoms with Gasteiger partial charge in [-0.15, -0.1) is 0 Å². The number of aliphatic hydroxyl groups is 1. The van der Waals surface area contributed by atoms with Crippen molar-refractivity contribution >= 4 is 11.6 Å². The van der Waals surface area contributed by atoms with Gasteiger partial charge in [0.15, 0.2) is 0 Å². The van der Waals surface area contributed by atoms with E-state index in [0.717, 1.165) is 5.69 Å². The van der Waals surface area contributed by atoms with Crippen LogP contribution in [0.2, 0.25) is 0 Å². The smallest absolute Gasteiger partial charge is 0.226 e. The first-order valence-corrected chi connectivity index (χ1v) is 6.56. The number of rotatable bonds is 3. The quantitative estimate of drug-likeness (QED) is 0.860. The molecule has 0 spiro atoms. The highest BCUT2D eigenvalue weighted by molar-refractivity contribution is 5.95. The van der Waals surface area contributed by atoms with Gasteiger partial charge in [0.25, 0.3) is 0 Å². The number of carbonyl (C=O) groups is 1. The molecule has 5 nitrogen and oxygen atoms in total. The van der Waals surface area contributed by atoms with Crippen LogP contribution >= 0.6 is 0 Å². The lowest BCUT2D eigenvalue weighted by molar-refractivity contribution is -0.118. The molecule has 5 heteroatoms. The lowest BCUT2D eigenvalue weighted by Crippen LogP contribution is -2.42. The minimum atomic E-state index is -0.719. The molecule has 1 aliphatic heterocycles. The molecule has 0 fully saturated rings. The summed E-state index contributed by atoms with van der Waals surface area (Å²) < 4.78 is 5.72. The number of ether oxygens (including phenoxy) is 1. The minimum Gasteiger partial charge on any atom is -0.487 e. The molecule has 1 heterocycles. The van der Waals surface area contributed by atoms with Gasteiger partial charge in [0.05, 0.1) is 18.3 Å². The van der Waals surface area contributed by atoms with Gasteiger partial charge >= 0.3 is 0 Å². The lowest BCUT2D eigenvalue weighted by atomic mass is 10.1. The van der Waals surface area contributed by atoms with E-state index in [1.165, 1.54) is 0 Å². The maximum atomic E-state index is 12.0. The molecule has 0 aliphatic carbocycles. The Hall–Kier alpha value is -1.59. The Kier molecular flexibility index (Phi) is 4.07. The zero-order valence-corrected chi connectivity index (χ0v) is 11.3. The highest BCUT2D eigenvalue weighted by Gasteiger charge is 2.27. The van der Waals surface area contributed by atoms with Crippen LogP contribution in [-0.4, -0.2) is 30.2 Å². The number of aliphatic hydroxyl groups excluding tert-OH is 1. The summed E-state index contributed by atoms with van der Waals surface area (Å²) in [5.41, 5.74) is 6.88. The van der Waals surface area contributed by atoms with Gasteiger partial charge in [-0.2, -0.15) is 0 Å². The Labute approximate surface area is 113 Å². The van der Waals surface area contributed by atoms with Gasteiger partial charge in [0.1, 0.15) is 11.9 Å². The van der Waals surface area contributed by atoms with Crippen molar-refractivity contribution in [3.8, 4) is 5.75 Å². The predicted octanol–water partition coefficient (Wildman–Crippen LogP) is 1.20. The van der Waals surface area contributed by atoms with E-state index in [2.05, 4.69) is 0 Å². The van der Waals surface area contributed by atoms with Crippen molar-refractivity contribution < 1.29 is 14.6 Å². The second kappa shape index (κ2) is 5.59. The van der Waals surface area contributed by atoms with E-state index in [9.17, 15) is 9.90 Å². The van der Waals surface area contributed by atoms with E-state index in [-0.39, 0.29) is 18.6 Å². The second-order valence-electron chi connectivity index (χ2n) is 4.77. The molecule has 2 rings (SSSR count). The average molecular weight is 264 g/mol. The van der Waals surface area contributed by atoms with Crippen molar-refractivity contribution in [3.05, 3.63) is 23.8 Å². The molecule has 0 aromatic heterocycles. The predicted molar refractivity (Wildman–Crippen MR) is 73.2 cm³/mol. The molecule has 2 atom stereocenters. The van der Waals surface area contributed by atoms with Gasteiger partial charge in [-0.05, 0) is 24.6 Å². The van der Waals surface area contributed by atoms with E-state index in [0.29, 0.717) is 24.3 Å². The van der Waals surface area contributed by atoms with Crippen LogP contribution in [-0.2, 0) is 4.79 Å². The van der Waals surface area contributed by atoms with Crippen LogP contribution in [0.4, 0.5) is 5.69 Å². The van der Waals surface area contributed by atoms with Crippen molar-refractivity contribution in [1.82, 2.24) is 0 Å². The molecule has 1 aromatic rings. The van der Waals surface area contributed by atoms with Crippen LogP contribution in [0.15, 0.2) is 18.2 Å². The number of fused-ring (bicyclic) bond motifs is 1. The molecule has 3 N–H and O–H groups in total. The summed E-state index contributed by atoms with van der Waals surface area (Å²) in [5.74, 6) is 0.726. The molecule has 1 aliphatic rings. The first-order valence-electron chi connectivity index (χ1n) is 6.56. The molecule has 0 radical (unpaired) electrons. The van der Waals surface area contributed by atoms with Crippen molar-refractivity contribution in [2.24, 2.45) is 5.73 Å². The van der Waals surface area contributed by atoms with Crippen LogP contribution in [0.25, 0.3) is 0 Å². The Morgan fingerprint density at radius 3 is 3.00 bits per heavy atom. The first-order chi connectivity index (χ1) is 9.06. The molecular weight excluding hydrogens is 244 g/mol. The van der Waals surface area contributed by atoms with Gasteiger partial charge in [-0.25, -0.2) is 0 Å². The number of amides is 1. The summed E-state index contributed by atoms with van der Waals surface area (Å²) in [4.78, 5) is 13.7. The summed E-state index contributed by atoms with van der Waals surface area (Å²) >= 11 is 0. The fourth-order valence-corrected chi connectivity index (χ4v) is 2.22. The monoisotopic (exact) mass is 264 g/mol. The number of nitrogens with two attached hydrogens (primary N) is 1. The topological polar surface area (TPSA) is 75.8 Å². The largest absolute Gasteiger partial charge is 0.487 e. The summed E-state index contributed by atoms with van der Waals surface area (Å²) in [7, 11) is 0. The minimum absolute atomic E-state index is 0.0340. The maximum Gasteiger partial charge on any atom is 0.226 e. The second-order valence-corrected chi connectivity index (χ2v) is 4.77. The summed E-state index contributed by atoms with van der Waals surface area (Å²) in [6, 6.07) is 5.35. The van der Waals surface area contributed by atoms with Crippen LogP contribution in [0.3, 0.4) is 0 Å². The van der Waals surface area contributed by atoms with E-state index >= 15 is 0 Å². The highest BCUT2D eigenvalue weighted by Crippen LogP contribution is 2.35. The normalized spacial score (nSPS) is 19.6. The highest BCUT2D eigenvalue weighted by atomic mass is 16.5. The van der Waals surface area contributed by atoms with E-state index in [4.69, 9.17) is 10.5 Å². The molecular formula is C14H20N2O3. The number of benzene rings is 1. The number of carbonyl (C=O) groups excluding carboxylic acids is 1. The summed E-state index contributed by atoms with van der Waals surface area (Å²) in [6.07, 6.45) is -0.313. The van der Waals surface area contributed by atoms with Crippen LogP contribution in [0.5, 0.6) is 5.75 Å². The zero-order valence-electron chi connectivity index (χ0n) is 11.3. The molecule has 0 saturated carbocycles. The van der Waals surface area contributed by atoms with Gasteiger partial charge in [0, 0.05) is 13.0 Å². The third kappa shape index (κ3) is 2.72. The number of hydrogen-bond donors (Lipinski definition) is 2. The Morgan fingerprint density at radius 1 is 1.63 bits per heavy atom. The van der Waals surface area contributed by atoms with Gasteiger partial charge < -0.3 is 20.5 Å². The molecule has 0 saturated heterocycles. The Bertz CT molecular complexity index is 476. The number of anilines is 1. The van der Waals surface area contributed by atoms with Crippen molar-refractivity contribution in [2.75, 3.05) is 18.0 Å². The molecule has 19 heavy (non-hydrogen) atoms. The van der Waals surface area contributed by atoms with E-state index in [1.54, 1.807) is 23.1 Å². The maximum absolute atomic E-state index is 12.0. The summed E-state index contributed by atoms with van der Waals surface area (Å²) in [5, 5.41) is 9.80. The average Bonchev–Trinajstić information content (AvgIpc) is 2.44. The Morgan fingerprint density at radius 2 is 2.37 bits per heavy atom. The van der Waals surface area contributed by atoms with E-state index in [1.807, 2.05) is 13.8 Å². The molecule has 1 aromatic carbocycles. The molecule has 104 valence electrons. The van der Waals surface area contributed by atoms with Gasteiger partial charge in [-0.3, -0.25) is 4.79 Å². The SMILES string of the molecule is CCC(=O)N1CC(C)Oc2ccc(C(O)CN)cc21. The Balaban J connectivity index is 2.41. The van der Waals surface area contributed by atoms with E-state index < -0.39 is 6.10 Å². The first kappa shape index (κ1) is 13.8. The standard InChI is InChI=1S/C14H20N2O3/c1-3-14(18)16-8-9(2)19-13-5-4-10(6-11(13)16)12(17)7-15/h4-6,9,12,17H,3,7-8,15H2,1-2H3. The van der Waals surface area contributed by atoms with Crippen LogP contribution in [0.1, 0.15) is 31.9 Å². The lowest BCUT2D eigenvalue weighted by Gasteiger charge is -2.34.